The molecule has 2 aliphatic heterocycles. The Kier molecular flexibility index (Phi) is 4.69. The zero-order valence-corrected chi connectivity index (χ0v) is 15.1. The van der Waals surface area contributed by atoms with Crippen molar-refractivity contribution in [2.45, 2.75) is 19.8 Å². The first-order valence-corrected chi connectivity index (χ1v) is 9.26. The second kappa shape index (κ2) is 7.27. The van der Waals surface area contributed by atoms with Gasteiger partial charge in [-0.1, -0.05) is 6.07 Å². The quantitative estimate of drug-likeness (QED) is 0.838. The van der Waals surface area contributed by atoms with Crippen LogP contribution in [0.2, 0.25) is 0 Å². The monoisotopic (exact) mass is 352 g/mol. The highest BCUT2D eigenvalue weighted by Gasteiger charge is 2.25. The second-order valence-electron chi connectivity index (χ2n) is 6.83. The minimum Gasteiger partial charge on any atom is -0.353 e. The summed E-state index contributed by atoms with van der Waals surface area (Å²) < 4.78 is 0. The Balaban J connectivity index is 1.42. The fourth-order valence-corrected chi connectivity index (χ4v) is 3.58. The Morgan fingerprint density at radius 3 is 2.38 bits per heavy atom. The smallest absolute Gasteiger partial charge is 0.257 e. The molecule has 0 bridgehead atoms. The minimum atomic E-state index is 0.0242. The van der Waals surface area contributed by atoms with E-state index in [1.54, 1.807) is 12.4 Å². The molecule has 0 atom stereocenters. The number of carbonyl (C=O) groups excluding carboxylic acids is 1. The third-order valence-corrected chi connectivity index (χ3v) is 5.13. The first-order chi connectivity index (χ1) is 12.7. The Hall–Kier alpha value is -2.70. The number of hydrogen-bond donors (Lipinski definition) is 0. The van der Waals surface area contributed by atoms with E-state index in [2.05, 4.69) is 24.8 Å². The SMILES string of the molecule is Cc1nc(N2CCCC2)ncc1C(=O)N1CCN(c2ccccn2)CC1. The highest BCUT2D eigenvalue weighted by Crippen LogP contribution is 2.19. The van der Waals surface area contributed by atoms with Crippen molar-refractivity contribution in [2.75, 3.05) is 49.1 Å². The molecule has 26 heavy (non-hydrogen) atoms. The highest BCUT2D eigenvalue weighted by atomic mass is 16.2. The van der Waals surface area contributed by atoms with Crippen molar-refractivity contribution in [3.05, 3.63) is 41.9 Å². The minimum absolute atomic E-state index is 0.0242. The lowest BCUT2D eigenvalue weighted by molar-refractivity contribution is 0.0745. The van der Waals surface area contributed by atoms with E-state index in [9.17, 15) is 4.79 Å². The maximum absolute atomic E-state index is 12.9. The molecule has 7 heteroatoms. The lowest BCUT2D eigenvalue weighted by Gasteiger charge is -2.35. The molecule has 0 saturated carbocycles. The fourth-order valence-electron chi connectivity index (χ4n) is 3.58. The molecular formula is C19H24N6O. The molecule has 0 unspecified atom stereocenters. The van der Waals surface area contributed by atoms with E-state index in [-0.39, 0.29) is 5.91 Å². The molecule has 7 nitrogen and oxygen atoms in total. The molecule has 0 aliphatic carbocycles. The Bertz CT molecular complexity index is 767. The van der Waals surface area contributed by atoms with E-state index < -0.39 is 0 Å². The van der Waals surface area contributed by atoms with Crippen molar-refractivity contribution in [1.82, 2.24) is 19.9 Å². The van der Waals surface area contributed by atoms with Crippen LogP contribution in [0.25, 0.3) is 0 Å². The average molecular weight is 352 g/mol. The molecule has 0 N–H and O–H groups in total. The van der Waals surface area contributed by atoms with E-state index in [1.165, 1.54) is 12.8 Å². The van der Waals surface area contributed by atoms with E-state index in [4.69, 9.17) is 0 Å². The van der Waals surface area contributed by atoms with Crippen molar-refractivity contribution in [3.8, 4) is 0 Å². The topological polar surface area (TPSA) is 65.5 Å². The molecule has 0 radical (unpaired) electrons. The summed E-state index contributed by atoms with van der Waals surface area (Å²) in [6.45, 7) is 6.84. The first kappa shape index (κ1) is 16.8. The van der Waals surface area contributed by atoms with Gasteiger partial charge in [0.15, 0.2) is 0 Å². The van der Waals surface area contributed by atoms with Crippen LogP contribution in [0, 0.1) is 6.92 Å². The number of nitrogens with zero attached hydrogens (tertiary/aromatic N) is 6. The van der Waals surface area contributed by atoms with Gasteiger partial charge in [-0.05, 0) is 31.9 Å². The third-order valence-electron chi connectivity index (χ3n) is 5.13. The number of aromatic nitrogens is 3. The molecular weight excluding hydrogens is 328 g/mol. The predicted octanol–water partition coefficient (Wildman–Crippen LogP) is 1.74. The van der Waals surface area contributed by atoms with Crippen LogP contribution < -0.4 is 9.80 Å². The number of hydrogen-bond acceptors (Lipinski definition) is 6. The van der Waals surface area contributed by atoms with E-state index >= 15 is 0 Å². The molecule has 0 aromatic carbocycles. The van der Waals surface area contributed by atoms with Gasteiger partial charge in [-0.25, -0.2) is 15.0 Å². The first-order valence-electron chi connectivity index (χ1n) is 9.26. The number of anilines is 2. The lowest BCUT2D eigenvalue weighted by atomic mass is 10.2. The molecule has 2 fully saturated rings. The summed E-state index contributed by atoms with van der Waals surface area (Å²) in [5, 5.41) is 0. The molecule has 2 aliphatic rings. The summed E-state index contributed by atoms with van der Waals surface area (Å²) in [5.74, 6) is 1.74. The van der Waals surface area contributed by atoms with Crippen LogP contribution in [0.15, 0.2) is 30.6 Å². The van der Waals surface area contributed by atoms with Gasteiger partial charge in [-0.3, -0.25) is 4.79 Å². The van der Waals surface area contributed by atoms with Gasteiger partial charge in [0, 0.05) is 51.7 Å². The summed E-state index contributed by atoms with van der Waals surface area (Å²) in [5.41, 5.74) is 1.37. The zero-order valence-electron chi connectivity index (χ0n) is 15.1. The van der Waals surface area contributed by atoms with Crippen molar-refractivity contribution in [2.24, 2.45) is 0 Å². The van der Waals surface area contributed by atoms with Crippen LogP contribution in [0.1, 0.15) is 28.9 Å². The molecule has 2 aromatic rings. The van der Waals surface area contributed by atoms with E-state index in [0.717, 1.165) is 43.6 Å². The number of rotatable bonds is 3. The van der Waals surface area contributed by atoms with Crippen molar-refractivity contribution >= 4 is 17.7 Å². The van der Waals surface area contributed by atoms with Gasteiger partial charge in [-0.2, -0.15) is 0 Å². The van der Waals surface area contributed by atoms with Crippen LogP contribution in [0.4, 0.5) is 11.8 Å². The predicted molar refractivity (Wildman–Crippen MR) is 101 cm³/mol. The second-order valence-corrected chi connectivity index (χ2v) is 6.83. The summed E-state index contributed by atoms with van der Waals surface area (Å²) in [4.78, 5) is 32.6. The van der Waals surface area contributed by atoms with Crippen LogP contribution >= 0.6 is 0 Å². The van der Waals surface area contributed by atoms with Gasteiger partial charge in [-0.15, -0.1) is 0 Å². The fraction of sp³-hybridized carbons (Fsp3) is 0.474. The van der Waals surface area contributed by atoms with Gasteiger partial charge in [0.1, 0.15) is 5.82 Å². The van der Waals surface area contributed by atoms with Crippen LogP contribution in [0.3, 0.4) is 0 Å². The summed E-state index contributed by atoms with van der Waals surface area (Å²) in [6.07, 6.45) is 5.87. The van der Waals surface area contributed by atoms with Gasteiger partial charge in [0.25, 0.3) is 5.91 Å². The molecule has 4 heterocycles. The van der Waals surface area contributed by atoms with Crippen LogP contribution in [0.5, 0.6) is 0 Å². The van der Waals surface area contributed by atoms with Crippen LogP contribution in [-0.4, -0.2) is 65.0 Å². The zero-order chi connectivity index (χ0) is 17.9. The molecule has 0 spiro atoms. The van der Waals surface area contributed by atoms with Crippen molar-refractivity contribution < 1.29 is 4.79 Å². The summed E-state index contributed by atoms with van der Waals surface area (Å²) >= 11 is 0. The largest absolute Gasteiger partial charge is 0.353 e. The van der Waals surface area contributed by atoms with E-state index in [0.29, 0.717) is 18.7 Å². The molecule has 4 rings (SSSR count). The maximum atomic E-state index is 12.9. The molecule has 136 valence electrons. The standard InChI is InChI=1S/C19H24N6O/c1-15-16(14-21-19(22-15)25-8-4-5-9-25)18(26)24-12-10-23(11-13-24)17-6-2-3-7-20-17/h2-3,6-7,14H,4-5,8-13H2,1H3. The van der Waals surface area contributed by atoms with Crippen LogP contribution in [-0.2, 0) is 0 Å². The average Bonchev–Trinajstić information content (AvgIpc) is 3.23. The summed E-state index contributed by atoms with van der Waals surface area (Å²) in [7, 11) is 0. The van der Waals surface area contributed by atoms with Gasteiger partial charge < -0.3 is 14.7 Å². The number of pyridine rings is 1. The van der Waals surface area contributed by atoms with Gasteiger partial charge >= 0.3 is 0 Å². The molecule has 2 saturated heterocycles. The summed E-state index contributed by atoms with van der Waals surface area (Å²) in [6, 6.07) is 5.91. The Morgan fingerprint density at radius 1 is 0.962 bits per heavy atom. The van der Waals surface area contributed by atoms with Crippen molar-refractivity contribution in [3.63, 3.8) is 0 Å². The Labute approximate surface area is 153 Å². The molecule has 1 amide bonds. The lowest BCUT2D eigenvalue weighted by Crippen LogP contribution is -2.49. The molecule has 2 aromatic heterocycles. The number of aryl methyl sites for hydroxylation is 1. The number of carbonyl (C=O) groups is 1. The number of piperazine rings is 1. The third kappa shape index (κ3) is 3.34. The Morgan fingerprint density at radius 2 is 1.73 bits per heavy atom. The maximum Gasteiger partial charge on any atom is 0.257 e. The van der Waals surface area contributed by atoms with Gasteiger partial charge in [0.05, 0.1) is 11.3 Å². The van der Waals surface area contributed by atoms with Crippen molar-refractivity contribution in [1.29, 1.82) is 0 Å². The van der Waals surface area contributed by atoms with Gasteiger partial charge in [0.2, 0.25) is 5.95 Å². The normalized spacial score (nSPS) is 17.7. The van der Waals surface area contributed by atoms with E-state index in [1.807, 2.05) is 30.0 Å². The highest BCUT2D eigenvalue weighted by molar-refractivity contribution is 5.95. The number of amides is 1.